The summed E-state index contributed by atoms with van der Waals surface area (Å²) in [6.45, 7) is 4.56. The number of hydrogen-bond donors (Lipinski definition) is 1. The summed E-state index contributed by atoms with van der Waals surface area (Å²) < 4.78 is 6.25. The van der Waals surface area contributed by atoms with Crippen molar-refractivity contribution in [1.82, 2.24) is 14.8 Å². The Kier molecular flexibility index (Phi) is 6.71. The molecule has 0 bridgehead atoms. The van der Waals surface area contributed by atoms with Crippen LogP contribution >= 0.6 is 0 Å². The molecule has 0 unspecified atom stereocenters. The van der Waals surface area contributed by atoms with Crippen LogP contribution < -0.4 is 4.74 Å². The first-order chi connectivity index (χ1) is 15.4. The van der Waals surface area contributed by atoms with E-state index in [2.05, 4.69) is 16.8 Å². The minimum atomic E-state index is -0.341. The number of aliphatic hydroxyl groups is 1. The first-order valence-electron chi connectivity index (χ1n) is 11.7. The third-order valence-corrected chi connectivity index (χ3v) is 6.56. The standard InChI is InChI=1S/C25H33N3O4/c1-16-13-28(17(2)15-29)25(31)21-10-20(9-6-18-4-5-18)12-26-24(21)32-22(16)14-27(3)23(30)11-19-7-8-19/h10,12,16-19,22,29H,4-5,7-8,11,13-15H2,1-3H3/t16-,17-,22+/m0/s1. The molecule has 1 N–H and O–H groups in total. The van der Waals surface area contributed by atoms with Gasteiger partial charge >= 0.3 is 0 Å². The molecule has 4 rings (SSSR count). The van der Waals surface area contributed by atoms with Crippen molar-refractivity contribution in [2.24, 2.45) is 17.8 Å². The lowest BCUT2D eigenvalue weighted by Crippen LogP contribution is -2.50. The van der Waals surface area contributed by atoms with Crippen LogP contribution in [0.5, 0.6) is 5.88 Å². The second-order valence-corrected chi connectivity index (χ2v) is 9.66. The molecule has 2 fully saturated rings. The summed E-state index contributed by atoms with van der Waals surface area (Å²) in [6.07, 6.45) is 6.43. The molecule has 172 valence electrons. The maximum atomic E-state index is 13.4. The number of nitrogens with zero attached hydrogens (tertiary/aromatic N) is 3. The fraction of sp³-hybridized carbons (Fsp3) is 0.640. The van der Waals surface area contributed by atoms with Gasteiger partial charge in [0.15, 0.2) is 0 Å². The van der Waals surface area contributed by atoms with Crippen molar-refractivity contribution in [2.45, 2.75) is 58.1 Å². The molecular weight excluding hydrogens is 406 g/mol. The highest BCUT2D eigenvalue weighted by Gasteiger charge is 2.35. The molecule has 1 aromatic rings. The SMILES string of the molecule is C[C@H]1CN([C@@H](C)CO)C(=O)c2cc(C#CC3CC3)cnc2O[C@@H]1CN(C)C(=O)CC1CC1. The van der Waals surface area contributed by atoms with Crippen LogP contribution in [0.2, 0.25) is 0 Å². The number of likely N-dealkylation sites (N-methyl/N-ethyl adjacent to an activating group) is 1. The molecule has 1 aromatic heterocycles. The Balaban J connectivity index is 1.60. The molecule has 7 heteroatoms. The van der Waals surface area contributed by atoms with Gasteiger partial charge in [0.05, 0.1) is 19.2 Å². The van der Waals surface area contributed by atoms with Gasteiger partial charge in [-0.1, -0.05) is 18.8 Å². The summed E-state index contributed by atoms with van der Waals surface area (Å²) in [7, 11) is 1.81. The fourth-order valence-electron chi connectivity index (χ4n) is 3.90. The van der Waals surface area contributed by atoms with Gasteiger partial charge < -0.3 is 19.6 Å². The summed E-state index contributed by atoms with van der Waals surface area (Å²) >= 11 is 0. The first-order valence-corrected chi connectivity index (χ1v) is 11.7. The minimum Gasteiger partial charge on any atom is -0.472 e. The molecule has 2 amide bonds. The second-order valence-electron chi connectivity index (χ2n) is 9.66. The van der Waals surface area contributed by atoms with Crippen LogP contribution in [0.4, 0.5) is 0 Å². The lowest BCUT2D eigenvalue weighted by molar-refractivity contribution is -0.131. The highest BCUT2D eigenvalue weighted by Crippen LogP contribution is 2.33. The number of aromatic nitrogens is 1. The average molecular weight is 440 g/mol. The van der Waals surface area contributed by atoms with Crippen molar-refractivity contribution in [3.8, 4) is 17.7 Å². The van der Waals surface area contributed by atoms with Crippen molar-refractivity contribution in [3.05, 3.63) is 23.4 Å². The monoisotopic (exact) mass is 439 g/mol. The van der Waals surface area contributed by atoms with E-state index in [1.807, 2.05) is 20.9 Å². The number of aliphatic hydroxyl groups excluding tert-OH is 1. The zero-order valence-electron chi connectivity index (χ0n) is 19.2. The maximum Gasteiger partial charge on any atom is 0.259 e. The van der Waals surface area contributed by atoms with Crippen molar-refractivity contribution in [1.29, 1.82) is 0 Å². The van der Waals surface area contributed by atoms with Gasteiger partial charge in [-0.2, -0.15) is 0 Å². The van der Waals surface area contributed by atoms with E-state index in [1.54, 1.807) is 22.1 Å². The maximum absolute atomic E-state index is 13.4. The molecule has 32 heavy (non-hydrogen) atoms. The zero-order valence-corrected chi connectivity index (χ0v) is 19.2. The lowest BCUT2D eigenvalue weighted by atomic mass is 9.99. The summed E-state index contributed by atoms with van der Waals surface area (Å²) in [5.74, 6) is 7.43. The molecule has 3 atom stereocenters. The first kappa shape index (κ1) is 22.6. The van der Waals surface area contributed by atoms with E-state index in [1.165, 1.54) is 0 Å². The molecule has 7 nitrogen and oxygen atoms in total. The predicted octanol–water partition coefficient (Wildman–Crippen LogP) is 2.32. The summed E-state index contributed by atoms with van der Waals surface area (Å²) in [6, 6.07) is 1.40. The predicted molar refractivity (Wildman–Crippen MR) is 120 cm³/mol. The Morgan fingerprint density at radius 2 is 2.12 bits per heavy atom. The number of carbonyl (C=O) groups excluding carboxylic acids is 2. The van der Waals surface area contributed by atoms with E-state index in [4.69, 9.17) is 4.74 Å². The third-order valence-electron chi connectivity index (χ3n) is 6.56. The van der Waals surface area contributed by atoms with E-state index >= 15 is 0 Å². The summed E-state index contributed by atoms with van der Waals surface area (Å²) in [4.78, 5) is 33.8. The lowest BCUT2D eigenvalue weighted by Gasteiger charge is -2.37. The average Bonchev–Trinajstić information content (AvgIpc) is 3.70. The smallest absolute Gasteiger partial charge is 0.259 e. The van der Waals surface area contributed by atoms with Crippen molar-refractivity contribution in [2.75, 3.05) is 26.7 Å². The van der Waals surface area contributed by atoms with Gasteiger partial charge in [0, 0.05) is 43.6 Å². The van der Waals surface area contributed by atoms with Crippen LogP contribution in [-0.2, 0) is 4.79 Å². The van der Waals surface area contributed by atoms with Gasteiger partial charge in [0.2, 0.25) is 11.8 Å². The number of ether oxygens (including phenoxy) is 1. The van der Waals surface area contributed by atoms with E-state index in [0.29, 0.717) is 42.5 Å². The topological polar surface area (TPSA) is 83.0 Å². The number of fused-ring (bicyclic) bond motifs is 1. The van der Waals surface area contributed by atoms with Crippen molar-refractivity contribution >= 4 is 11.8 Å². The molecule has 0 radical (unpaired) electrons. The molecule has 0 aromatic carbocycles. The molecular formula is C25H33N3O4. The fourth-order valence-corrected chi connectivity index (χ4v) is 3.90. The zero-order chi connectivity index (χ0) is 22.8. The molecule has 2 aliphatic carbocycles. The third kappa shape index (κ3) is 5.42. The molecule has 1 aliphatic heterocycles. The van der Waals surface area contributed by atoms with Crippen LogP contribution in [0.15, 0.2) is 12.3 Å². The van der Waals surface area contributed by atoms with Gasteiger partial charge in [0.1, 0.15) is 11.7 Å². The van der Waals surface area contributed by atoms with Crippen LogP contribution in [0.1, 0.15) is 61.9 Å². The second kappa shape index (κ2) is 9.50. The van der Waals surface area contributed by atoms with E-state index < -0.39 is 0 Å². The Bertz CT molecular complexity index is 929. The van der Waals surface area contributed by atoms with Crippen LogP contribution in [0.3, 0.4) is 0 Å². The minimum absolute atomic E-state index is 0.0478. The molecule has 0 spiro atoms. The van der Waals surface area contributed by atoms with Crippen LogP contribution in [0, 0.1) is 29.6 Å². The number of carbonyl (C=O) groups is 2. The van der Waals surface area contributed by atoms with Crippen LogP contribution in [0.25, 0.3) is 0 Å². The number of rotatable bonds is 6. The van der Waals surface area contributed by atoms with E-state index in [0.717, 1.165) is 25.7 Å². The normalized spacial score (nSPS) is 23.8. The van der Waals surface area contributed by atoms with E-state index in [-0.39, 0.29) is 42.4 Å². The highest BCUT2D eigenvalue weighted by molar-refractivity contribution is 5.97. The molecule has 2 saturated carbocycles. The Labute approximate surface area is 190 Å². The van der Waals surface area contributed by atoms with Gasteiger partial charge in [-0.15, -0.1) is 0 Å². The van der Waals surface area contributed by atoms with Gasteiger partial charge in [-0.05, 0) is 44.6 Å². The van der Waals surface area contributed by atoms with E-state index in [9.17, 15) is 14.7 Å². The molecule has 3 aliphatic rings. The number of pyridine rings is 1. The van der Waals surface area contributed by atoms with Gasteiger partial charge in [-0.25, -0.2) is 4.98 Å². The number of amides is 2. The quantitative estimate of drug-likeness (QED) is 0.688. The highest BCUT2D eigenvalue weighted by atomic mass is 16.5. The Hall–Kier alpha value is -2.59. The van der Waals surface area contributed by atoms with Crippen molar-refractivity contribution < 1.29 is 19.4 Å². The number of hydrogen-bond acceptors (Lipinski definition) is 5. The summed E-state index contributed by atoms with van der Waals surface area (Å²) in [5, 5.41) is 9.77. The van der Waals surface area contributed by atoms with Gasteiger partial charge in [0.25, 0.3) is 5.91 Å². The Morgan fingerprint density at radius 1 is 1.38 bits per heavy atom. The largest absolute Gasteiger partial charge is 0.472 e. The summed E-state index contributed by atoms with van der Waals surface area (Å²) in [5.41, 5.74) is 1.04. The molecule has 2 heterocycles. The van der Waals surface area contributed by atoms with Crippen molar-refractivity contribution in [3.63, 3.8) is 0 Å². The van der Waals surface area contributed by atoms with Crippen LogP contribution in [-0.4, -0.2) is 70.6 Å². The van der Waals surface area contributed by atoms with Gasteiger partial charge in [-0.3, -0.25) is 9.59 Å². The molecule has 0 saturated heterocycles. The Morgan fingerprint density at radius 3 is 2.78 bits per heavy atom.